The first-order valence-corrected chi connectivity index (χ1v) is 9.90. The Morgan fingerprint density at radius 2 is 2.13 bits per heavy atom. The smallest absolute Gasteiger partial charge is 0.416 e. The van der Waals surface area contributed by atoms with Crippen LogP contribution in [-0.2, 0) is 12.7 Å². The molecule has 0 spiro atoms. The summed E-state index contributed by atoms with van der Waals surface area (Å²) in [5, 5.41) is 0. The molecule has 6 nitrogen and oxygen atoms in total. The molecule has 31 heavy (non-hydrogen) atoms. The maximum absolute atomic E-state index is 13.0. The van der Waals surface area contributed by atoms with E-state index < -0.39 is 11.7 Å². The van der Waals surface area contributed by atoms with Crippen molar-refractivity contribution in [1.29, 1.82) is 0 Å². The van der Waals surface area contributed by atoms with Crippen molar-refractivity contribution in [3.05, 3.63) is 82.4 Å². The van der Waals surface area contributed by atoms with Crippen LogP contribution in [-0.4, -0.2) is 32.4 Å². The van der Waals surface area contributed by atoms with Gasteiger partial charge >= 0.3 is 6.18 Å². The molecule has 1 N–H and O–H groups in total. The number of fused-ring (bicyclic) bond motifs is 1. The van der Waals surface area contributed by atoms with Crippen molar-refractivity contribution >= 4 is 5.52 Å². The number of aromatic nitrogens is 3. The number of nitrogens with zero attached hydrogens (tertiary/aromatic N) is 3. The van der Waals surface area contributed by atoms with E-state index in [2.05, 4.69) is 14.9 Å². The fourth-order valence-corrected chi connectivity index (χ4v) is 4.20. The maximum Gasteiger partial charge on any atom is 0.416 e. The van der Waals surface area contributed by atoms with Gasteiger partial charge in [0.1, 0.15) is 17.6 Å². The van der Waals surface area contributed by atoms with Crippen LogP contribution in [0.15, 0.2) is 64.5 Å². The van der Waals surface area contributed by atoms with E-state index in [9.17, 15) is 18.0 Å². The van der Waals surface area contributed by atoms with E-state index in [-0.39, 0.29) is 11.5 Å². The number of aromatic amines is 1. The van der Waals surface area contributed by atoms with Crippen LogP contribution in [0.2, 0.25) is 0 Å². The van der Waals surface area contributed by atoms with Gasteiger partial charge in [-0.1, -0.05) is 18.2 Å². The lowest BCUT2D eigenvalue weighted by atomic mass is 9.96. The molecular weight excluding hydrogens is 409 g/mol. The number of benzene rings is 1. The Morgan fingerprint density at radius 3 is 2.90 bits per heavy atom. The molecule has 3 aromatic heterocycles. The molecule has 1 unspecified atom stereocenters. The number of furan rings is 1. The van der Waals surface area contributed by atoms with E-state index in [0.29, 0.717) is 35.7 Å². The zero-order chi connectivity index (χ0) is 21.6. The number of hydrogen-bond acceptors (Lipinski definition) is 4. The van der Waals surface area contributed by atoms with E-state index in [4.69, 9.17) is 4.42 Å². The third kappa shape index (κ3) is 3.76. The largest absolute Gasteiger partial charge is 0.472 e. The van der Waals surface area contributed by atoms with E-state index in [0.717, 1.165) is 24.6 Å². The highest BCUT2D eigenvalue weighted by Gasteiger charge is 2.32. The lowest BCUT2D eigenvalue weighted by molar-refractivity contribution is -0.137. The van der Waals surface area contributed by atoms with Gasteiger partial charge in [-0.15, -0.1) is 0 Å². The average Bonchev–Trinajstić information content (AvgIpc) is 3.48. The van der Waals surface area contributed by atoms with Gasteiger partial charge in [-0.05, 0) is 36.6 Å². The second-order valence-corrected chi connectivity index (χ2v) is 7.80. The summed E-state index contributed by atoms with van der Waals surface area (Å²) in [6, 6.07) is 7.32. The fraction of sp³-hybridized carbons (Fsp3) is 0.273. The van der Waals surface area contributed by atoms with Crippen LogP contribution in [0.4, 0.5) is 13.2 Å². The molecule has 4 aromatic rings. The lowest BCUT2D eigenvalue weighted by Crippen LogP contribution is -2.23. The molecule has 1 aliphatic rings. The minimum Gasteiger partial charge on any atom is -0.472 e. The Bertz CT molecular complexity index is 1270. The Morgan fingerprint density at radius 1 is 1.26 bits per heavy atom. The summed E-state index contributed by atoms with van der Waals surface area (Å²) in [6.07, 6.45) is 2.88. The average molecular weight is 428 g/mol. The summed E-state index contributed by atoms with van der Waals surface area (Å²) < 4.78 is 46.0. The minimum atomic E-state index is -4.35. The first-order chi connectivity index (χ1) is 14.9. The van der Waals surface area contributed by atoms with E-state index >= 15 is 0 Å². The van der Waals surface area contributed by atoms with Gasteiger partial charge in [0.15, 0.2) is 0 Å². The summed E-state index contributed by atoms with van der Waals surface area (Å²) in [6.45, 7) is 1.85. The molecule has 1 atom stereocenters. The molecule has 1 fully saturated rings. The molecule has 5 rings (SSSR count). The molecule has 0 saturated carbocycles. The van der Waals surface area contributed by atoms with Crippen LogP contribution in [0.3, 0.4) is 0 Å². The number of nitrogens with one attached hydrogen (secondary N) is 1. The maximum atomic E-state index is 13.0. The minimum absolute atomic E-state index is 0.0208. The highest BCUT2D eigenvalue weighted by molar-refractivity contribution is 5.60. The van der Waals surface area contributed by atoms with Crippen LogP contribution in [0, 0.1) is 0 Å². The normalized spacial score (nSPS) is 17.6. The number of likely N-dealkylation sites (tertiary alicyclic amines) is 1. The number of alkyl halides is 3. The number of H-pyrrole nitrogens is 1. The fourth-order valence-electron chi connectivity index (χ4n) is 4.20. The number of rotatable bonds is 4. The van der Waals surface area contributed by atoms with E-state index in [1.54, 1.807) is 29.1 Å². The Hall–Kier alpha value is -3.33. The molecule has 1 aliphatic heterocycles. The predicted molar refractivity (Wildman–Crippen MR) is 108 cm³/mol. The SMILES string of the molecule is O=c1[nH]c(CN2CCC(c3cccc(C(F)(F)F)c3)C2)cn2c(-c3ccoc3)ncc12. The van der Waals surface area contributed by atoms with Crippen molar-refractivity contribution in [2.45, 2.75) is 25.1 Å². The number of halogens is 3. The molecule has 0 aliphatic carbocycles. The van der Waals surface area contributed by atoms with Crippen LogP contribution in [0.1, 0.15) is 29.2 Å². The van der Waals surface area contributed by atoms with Crippen LogP contribution in [0.5, 0.6) is 0 Å². The molecule has 0 radical (unpaired) electrons. The van der Waals surface area contributed by atoms with Gasteiger partial charge < -0.3 is 9.40 Å². The van der Waals surface area contributed by atoms with Gasteiger partial charge in [-0.2, -0.15) is 13.2 Å². The third-order valence-electron chi connectivity index (χ3n) is 5.72. The summed E-state index contributed by atoms with van der Waals surface area (Å²) in [5.74, 6) is 0.631. The molecule has 0 bridgehead atoms. The van der Waals surface area contributed by atoms with E-state index in [1.807, 2.05) is 6.20 Å². The molecular formula is C22H19F3N4O2. The van der Waals surface area contributed by atoms with Crippen molar-refractivity contribution in [3.63, 3.8) is 0 Å². The number of hydrogen-bond donors (Lipinski definition) is 1. The van der Waals surface area contributed by atoms with Gasteiger partial charge in [0.2, 0.25) is 0 Å². The van der Waals surface area contributed by atoms with Crippen LogP contribution < -0.4 is 5.56 Å². The monoisotopic (exact) mass is 428 g/mol. The van der Waals surface area contributed by atoms with Gasteiger partial charge in [0.05, 0.1) is 23.6 Å². The zero-order valence-corrected chi connectivity index (χ0v) is 16.4. The van der Waals surface area contributed by atoms with Gasteiger partial charge in [0.25, 0.3) is 5.56 Å². The Balaban J connectivity index is 1.37. The van der Waals surface area contributed by atoms with Crippen LogP contribution >= 0.6 is 0 Å². The molecule has 1 aromatic carbocycles. The highest BCUT2D eigenvalue weighted by atomic mass is 19.4. The molecule has 9 heteroatoms. The van der Waals surface area contributed by atoms with Crippen molar-refractivity contribution in [1.82, 2.24) is 19.3 Å². The van der Waals surface area contributed by atoms with Crippen molar-refractivity contribution in [2.75, 3.05) is 13.1 Å². The summed E-state index contributed by atoms with van der Waals surface area (Å²) in [5.41, 5.74) is 1.74. The summed E-state index contributed by atoms with van der Waals surface area (Å²) >= 11 is 0. The molecule has 1 saturated heterocycles. The van der Waals surface area contributed by atoms with Crippen molar-refractivity contribution in [3.8, 4) is 11.4 Å². The van der Waals surface area contributed by atoms with E-state index in [1.165, 1.54) is 18.3 Å². The van der Waals surface area contributed by atoms with Gasteiger partial charge in [-0.3, -0.25) is 14.1 Å². The highest BCUT2D eigenvalue weighted by Crippen LogP contribution is 2.34. The van der Waals surface area contributed by atoms with Crippen molar-refractivity contribution in [2.24, 2.45) is 0 Å². The molecule has 160 valence electrons. The first kappa shape index (κ1) is 19.6. The molecule has 0 amide bonds. The van der Waals surface area contributed by atoms with Gasteiger partial charge in [-0.25, -0.2) is 4.98 Å². The Kier molecular flexibility index (Phi) is 4.70. The molecule has 4 heterocycles. The first-order valence-electron chi connectivity index (χ1n) is 9.90. The van der Waals surface area contributed by atoms with Gasteiger partial charge in [0, 0.05) is 25.0 Å². The third-order valence-corrected chi connectivity index (χ3v) is 5.72. The Labute approximate surface area is 174 Å². The quantitative estimate of drug-likeness (QED) is 0.527. The second kappa shape index (κ2) is 7.42. The number of imidazole rings is 1. The summed E-state index contributed by atoms with van der Waals surface area (Å²) in [7, 11) is 0. The standard InChI is InChI=1S/C22H19F3N4O2/c23-22(24,25)17-3-1-2-14(8-17)15-4-6-28(10-15)11-18-12-29-19(21(30)27-18)9-26-20(29)16-5-7-31-13-16/h1-3,5,7-9,12-13,15H,4,6,10-11H2,(H,27,30). The summed E-state index contributed by atoms with van der Waals surface area (Å²) in [4.78, 5) is 21.9. The lowest BCUT2D eigenvalue weighted by Gasteiger charge is -2.17. The second-order valence-electron chi connectivity index (χ2n) is 7.80. The predicted octanol–water partition coefficient (Wildman–Crippen LogP) is 4.29. The topological polar surface area (TPSA) is 66.5 Å². The van der Waals surface area contributed by atoms with Crippen molar-refractivity contribution < 1.29 is 17.6 Å². The van der Waals surface area contributed by atoms with Crippen LogP contribution in [0.25, 0.3) is 16.9 Å². The zero-order valence-electron chi connectivity index (χ0n) is 16.4.